The predicted octanol–water partition coefficient (Wildman–Crippen LogP) is 1.23. The summed E-state index contributed by atoms with van der Waals surface area (Å²) < 4.78 is 0. The normalized spacial score (nSPS) is 19.6. The predicted molar refractivity (Wildman–Crippen MR) is 78.2 cm³/mol. The molecule has 4 N–H and O–H groups in total. The van der Waals surface area contributed by atoms with Crippen molar-refractivity contribution in [2.75, 3.05) is 18.1 Å². The third-order valence-corrected chi connectivity index (χ3v) is 3.71. The molecular formula is C14H22N4O2. The Morgan fingerprint density at radius 3 is 3.05 bits per heavy atom. The molecule has 1 fully saturated rings. The Morgan fingerprint density at radius 2 is 2.35 bits per heavy atom. The van der Waals surface area contributed by atoms with E-state index in [-0.39, 0.29) is 12.4 Å². The molecule has 1 aromatic heterocycles. The molecule has 6 nitrogen and oxygen atoms in total. The van der Waals surface area contributed by atoms with Gasteiger partial charge in [0.25, 0.3) is 0 Å². The van der Waals surface area contributed by atoms with Crippen molar-refractivity contribution >= 4 is 11.7 Å². The third-order valence-electron chi connectivity index (χ3n) is 3.71. The molecule has 1 aromatic rings. The molecule has 0 radical (unpaired) electrons. The van der Waals surface area contributed by atoms with Gasteiger partial charge in [0, 0.05) is 30.5 Å². The van der Waals surface area contributed by atoms with E-state index >= 15 is 0 Å². The number of nitrogens with two attached hydrogens (primary N) is 1. The highest BCUT2D eigenvalue weighted by molar-refractivity contribution is 5.97. The zero-order valence-electron chi connectivity index (χ0n) is 11.8. The summed E-state index contributed by atoms with van der Waals surface area (Å²) in [5, 5.41) is 20.8. The highest BCUT2D eigenvalue weighted by Gasteiger charge is 2.25. The second-order valence-corrected chi connectivity index (χ2v) is 5.20. The van der Waals surface area contributed by atoms with Crippen molar-refractivity contribution < 1.29 is 10.3 Å². The largest absolute Gasteiger partial charge is 0.409 e. The first-order chi connectivity index (χ1) is 9.65. The average molecular weight is 278 g/mol. The number of hydrogen-bond donors (Lipinski definition) is 3. The number of amidine groups is 1. The first-order valence-corrected chi connectivity index (χ1v) is 6.99. The molecule has 0 spiro atoms. The molecule has 1 aliphatic heterocycles. The van der Waals surface area contributed by atoms with Crippen LogP contribution in [0.4, 0.5) is 5.82 Å². The smallest absolute Gasteiger partial charge is 0.170 e. The number of hydrogen-bond acceptors (Lipinski definition) is 5. The van der Waals surface area contributed by atoms with Crippen LogP contribution < -0.4 is 10.6 Å². The van der Waals surface area contributed by atoms with Crippen LogP contribution in [-0.4, -0.2) is 40.3 Å². The van der Waals surface area contributed by atoms with Gasteiger partial charge in [-0.1, -0.05) is 5.16 Å². The van der Waals surface area contributed by atoms with Gasteiger partial charge in [-0.2, -0.15) is 0 Å². The van der Waals surface area contributed by atoms with Crippen molar-refractivity contribution in [3.63, 3.8) is 0 Å². The first-order valence-electron chi connectivity index (χ1n) is 6.99. The van der Waals surface area contributed by atoms with Crippen LogP contribution in [0.25, 0.3) is 0 Å². The summed E-state index contributed by atoms with van der Waals surface area (Å²) in [6.07, 6.45) is 4.02. The summed E-state index contributed by atoms with van der Waals surface area (Å²) in [4.78, 5) is 6.82. The van der Waals surface area contributed by atoms with Gasteiger partial charge in [0.1, 0.15) is 5.82 Å². The maximum absolute atomic E-state index is 8.98. The molecule has 20 heavy (non-hydrogen) atoms. The number of nitrogens with zero attached hydrogens (tertiary/aromatic N) is 3. The van der Waals surface area contributed by atoms with Gasteiger partial charge in [-0.3, -0.25) is 0 Å². The summed E-state index contributed by atoms with van der Waals surface area (Å²) in [6.45, 7) is 3.08. The number of pyridine rings is 1. The Labute approximate surface area is 118 Å². The lowest BCUT2D eigenvalue weighted by molar-refractivity contribution is 0.279. The van der Waals surface area contributed by atoms with Crippen molar-refractivity contribution in [3.8, 4) is 0 Å². The minimum absolute atomic E-state index is 0.0999. The van der Waals surface area contributed by atoms with E-state index in [0.29, 0.717) is 11.6 Å². The Balaban J connectivity index is 2.25. The molecule has 0 saturated carbocycles. The van der Waals surface area contributed by atoms with Gasteiger partial charge in [0.05, 0.1) is 0 Å². The van der Waals surface area contributed by atoms with Gasteiger partial charge in [0.15, 0.2) is 5.84 Å². The van der Waals surface area contributed by atoms with Crippen LogP contribution >= 0.6 is 0 Å². The highest BCUT2D eigenvalue weighted by Crippen LogP contribution is 2.27. The number of aliphatic hydroxyl groups is 1. The van der Waals surface area contributed by atoms with Gasteiger partial charge < -0.3 is 20.9 Å². The molecule has 2 heterocycles. The van der Waals surface area contributed by atoms with E-state index in [1.54, 1.807) is 6.07 Å². The molecule has 1 atom stereocenters. The number of anilines is 1. The standard InChI is InChI=1S/C14H22N4O2/c1-10-8-11(14(15)17-20)9-13(16-10)18-6-2-4-12(18)5-3-7-19/h8-9,12,19-20H,2-7H2,1H3,(H2,15,17). The van der Waals surface area contributed by atoms with Crippen molar-refractivity contribution in [2.45, 2.75) is 38.6 Å². The second kappa shape index (κ2) is 6.56. The van der Waals surface area contributed by atoms with Crippen LogP contribution in [0.15, 0.2) is 17.3 Å². The number of rotatable bonds is 5. The lowest BCUT2D eigenvalue weighted by Crippen LogP contribution is -2.30. The van der Waals surface area contributed by atoms with Crippen LogP contribution in [0, 0.1) is 6.92 Å². The van der Waals surface area contributed by atoms with E-state index in [1.807, 2.05) is 13.0 Å². The van der Waals surface area contributed by atoms with E-state index in [2.05, 4.69) is 15.0 Å². The molecule has 2 rings (SSSR count). The monoisotopic (exact) mass is 278 g/mol. The fraction of sp³-hybridized carbons (Fsp3) is 0.571. The van der Waals surface area contributed by atoms with Gasteiger partial charge in [-0.15, -0.1) is 0 Å². The number of aromatic nitrogens is 1. The van der Waals surface area contributed by atoms with Gasteiger partial charge in [0.2, 0.25) is 0 Å². The quantitative estimate of drug-likeness (QED) is 0.326. The van der Waals surface area contributed by atoms with Crippen LogP contribution in [0.5, 0.6) is 0 Å². The molecular weight excluding hydrogens is 256 g/mol. The van der Waals surface area contributed by atoms with Crippen LogP contribution in [-0.2, 0) is 0 Å². The zero-order valence-corrected chi connectivity index (χ0v) is 11.8. The maximum atomic E-state index is 8.98. The SMILES string of the molecule is Cc1cc(/C(N)=N/O)cc(N2CCCC2CCCO)n1. The van der Waals surface area contributed by atoms with E-state index in [9.17, 15) is 0 Å². The number of aliphatic hydroxyl groups excluding tert-OH is 1. The Kier molecular flexibility index (Phi) is 4.79. The summed E-state index contributed by atoms with van der Waals surface area (Å²) >= 11 is 0. The zero-order chi connectivity index (χ0) is 14.5. The van der Waals surface area contributed by atoms with Gasteiger partial charge in [-0.25, -0.2) is 4.98 Å². The van der Waals surface area contributed by atoms with Crippen LogP contribution in [0.2, 0.25) is 0 Å². The molecule has 0 aromatic carbocycles. The summed E-state index contributed by atoms with van der Waals surface area (Å²) in [5.41, 5.74) is 7.19. The molecule has 6 heteroatoms. The number of oxime groups is 1. The van der Waals surface area contributed by atoms with E-state index in [0.717, 1.165) is 43.7 Å². The lowest BCUT2D eigenvalue weighted by atomic mass is 10.1. The Morgan fingerprint density at radius 1 is 1.55 bits per heavy atom. The Hall–Kier alpha value is -1.82. The summed E-state index contributed by atoms with van der Waals surface area (Å²) in [6, 6.07) is 4.08. The molecule has 0 amide bonds. The van der Waals surface area contributed by atoms with E-state index in [1.165, 1.54) is 0 Å². The van der Waals surface area contributed by atoms with E-state index in [4.69, 9.17) is 16.0 Å². The second-order valence-electron chi connectivity index (χ2n) is 5.20. The van der Waals surface area contributed by atoms with Crippen molar-refractivity contribution in [1.29, 1.82) is 0 Å². The summed E-state index contributed by atoms with van der Waals surface area (Å²) in [5.74, 6) is 0.967. The van der Waals surface area contributed by atoms with Gasteiger partial charge >= 0.3 is 0 Å². The van der Waals surface area contributed by atoms with Crippen molar-refractivity contribution in [3.05, 3.63) is 23.4 Å². The molecule has 1 saturated heterocycles. The fourth-order valence-electron chi connectivity index (χ4n) is 2.77. The topological polar surface area (TPSA) is 95.0 Å². The maximum Gasteiger partial charge on any atom is 0.170 e. The lowest BCUT2D eigenvalue weighted by Gasteiger charge is -2.26. The third kappa shape index (κ3) is 3.19. The summed E-state index contributed by atoms with van der Waals surface area (Å²) in [7, 11) is 0. The van der Waals surface area contributed by atoms with Crippen LogP contribution in [0.3, 0.4) is 0 Å². The minimum Gasteiger partial charge on any atom is -0.409 e. The van der Waals surface area contributed by atoms with Crippen molar-refractivity contribution in [1.82, 2.24) is 4.98 Å². The molecule has 110 valence electrons. The van der Waals surface area contributed by atoms with E-state index < -0.39 is 0 Å². The Bertz CT molecular complexity index is 490. The molecule has 1 unspecified atom stereocenters. The fourth-order valence-corrected chi connectivity index (χ4v) is 2.77. The highest BCUT2D eigenvalue weighted by atomic mass is 16.4. The first kappa shape index (κ1) is 14.6. The molecule has 0 bridgehead atoms. The molecule has 0 aliphatic carbocycles. The average Bonchev–Trinajstić information content (AvgIpc) is 2.91. The van der Waals surface area contributed by atoms with Crippen LogP contribution in [0.1, 0.15) is 36.9 Å². The van der Waals surface area contributed by atoms with Gasteiger partial charge in [-0.05, 0) is 44.7 Å². The minimum atomic E-state index is 0.0999. The van der Waals surface area contributed by atoms with Crippen molar-refractivity contribution in [2.24, 2.45) is 10.9 Å². The number of aryl methyl sites for hydroxylation is 1. The molecule has 1 aliphatic rings.